The minimum atomic E-state index is -1.03. The summed E-state index contributed by atoms with van der Waals surface area (Å²) in [5, 5.41) is 11.4. The Bertz CT molecular complexity index is 979. The number of hydrazine groups is 1. The first-order valence-electron chi connectivity index (χ1n) is 10.7. The van der Waals surface area contributed by atoms with Crippen LogP contribution in [-0.2, 0) is 11.3 Å². The highest BCUT2D eigenvalue weighted by Gasteiger charge is 2.35. The van der Waals surface area contributed by atoms with Crippen LogP contribution in [0.3, 0.4) is 0 Å². The number of carbonyl (C=O) groups is 2. The molecule has 0 saturated heterocycles. The van der Waals surface area contributed by atoms with Crippen LogP contribution < -0.4 is 10.9 Å². The van der Waals surface area contributed by atoms with Crippen molar-refractivity contribution in [1.82, 2.24) is 10.4 Å². The fourth-order valence-electron chi connectivity index (χ4n) is 4.22. The molecule has 1 aliphatic heterocycles. The maximum Gasteiger partial charge on any atom is 0.491 e. The van der Waals surface area contributed by atoms with Crippen LogP contribution in [0.4, 0.5) is 0 Å². The van der Waals surface area contributed by atoms with E-state index in [1.54, 1.807) is 18.2 Å². The Morgan fingerprint density at radius 3 is 2.35 bits per heavy atom. The summed E-state index contributed by atoms with van der Waals surface area (Å²) in [4.78, 5) is 26.7. The fraction of sp³-hybridized carbons (Fsp3) is 0.417. The van der Waals surface area contributed by atoms with E-state index in [9.17, 15) is 14.6 Å². The molecule has 6 nitrogen and oxygen atoms in total. The monoisotopic (exact) mass is 422 g/mol. The average molecular weight is 422 g/mol. The van der Waals surface area contributed by atoms with Gasteiger partial charge in [0.1, 0.15) is 0 Å². The molecule has 0 bridgehead atoms. The first-order chi connectivity index (χ1) is 14.5. The number of nitrogens with one attached hydrogen (secondary N) is 1. The first-order valence-corrected chi connectivity index (χ1v) is 10.7. The van der Waals surface area contributed by atoms with Gasteiger partial charge in [-0.2, -0.15) is 0 Å². The summed E-state index contributed by atoms with van der Waals surface area (Å²) >= 11 is 0. The molecule has 0 aromatic heterocycles. The minimum absolute atomic E-state index is 0.215. The predicted octanol–water partition coefficient (Wildman–Crippen LogP) is 3.13. The van der Waals surface area contributed by atoms with Gasteiger partial charge in [-0.05, 0) is 61.0 Å². The van der Waals surface area contributed by atoms with Crippen LogP contribution in [0, 0.1) is 19.3 Å². The first kappa shape index (κ1) is 23.0. The summed E-state index contributed by atoms with van der Waals surface area (Å²) in [6.45, 7) is 12.4. The highest BCUT2D eigenvalue weighted by molar-refractivity contribution is 6.61. The second kappa shape index (κ2) is 8.85. The standard InChI is InChI=1S/C24H31BN2O4/c1-7-21(24(4,5)6)27(23(29)19-11-15(2)10-16(3)12-19)26-22(28)17-8-9-18-14-31-25(30)20(18)13-17/h8-13,21,30H,7,14H2,1-6H3,(H,26,28). The summed E-state index contributed by atoms with van der Waals surface area (Å²) in [7, 11) is -1.03. The molecule has 7 heteroatoms. The third kappa shape index (κ3) is 5.00. The summed E-state index contributed by atoms with van der Waals surface area (Å²) in [5.41, 5.74) is 6.94. The number of rotatable bonds is 4. The number of nitrogens with zero attached hydrogens (tertiary/aromatic N) is 1. The van der Waals surface area contributed by atoms with Crippen LogP contribution in [0.1, 0.15) is 71.5 Å². The van der Waals surface area contributed by atoms with Gasteiger partial charge in [-0.3, -0.25) is 15.0 Å². The molecule has 1 unspecified atom stereocenters. The van der Waals surface area contributed by atoms with Gasteiger partial charge in [-0.25, -0.2) is 5.01 Å². The van der Waals surface area contributed by atoms with Gasteiger partial charge < -0.3 is 9.68 Å². The lowest BCUT2D eigenvalue weighted by atomic mass is 9.79. The zero-order chi connectivity index (χ0) is 22.9. The molecule has 1 heterocycles. The lowest BCUT2D eigenvalue weighted by molar-refractivity contribution is 0.0285. The maximum atomic E-state index is 13.6. The zero-order valence-corrected chi connectivity index (χ0v) is 19.2. The van der Waals surface area contributed by atoms with Crippen LogP contribution in [0.25, 0.3) is 0 Å². The highest BCUT2D eigenvalue weighted by atomic mass is 16.5. The highest BCUT2D eigenvalue weighted by Crippen LogP contribution is 2.28. The Balaban J connectivity index is 1.96. The number of hydrogen-bond acceptors (Lipinski definition) is 4. The van der Waals surface area contributed by atoms with Gasteiger partial charge in [-0.15, -0.1) is 0 Å². The number of benzene rings is 2. The van der Waals surface area contributed by atoms with E-state index in [0.29, 0.717) is 29.6 Å². The summed E-state index contributed by atoms with van der Waals surface area (Å²) in [5.74, 6) is -0.645. The number of aryl methyl sites for hydroxylation is 2. The van der Waals surface area contributed by atoms with Crippen molar-refractivity contribution >= 4 is 24.4 Å². The normalized spacial score (nSPS) is 14.2. The Kier molecular flexibility index (Phi) is 6.58. The van der Waals surface area contributed by atoms with Crippen molar-refractivity contribution in [3.8, 4) is 0 Å². The van der Waals surface area contributed by atoms with Gasteiger partial charge in [0.05, 0.1) is 12.6 Å². The van der Waals surface area contributed by atoms with Crippen molar-refractivity contribution in [2.45, 2.75) is 60.6 Å². The van der Waals surface area contributed by atoms with E-state index in [4.69, 9.17) is 4.65 Å². The van der Waals surface area contributed by atoms with Gasteiger partial charge in [-0.1, -0.05) is 51.0 Å². The van der Waals surface area contributed by atoms with Crippen molar-refractivity contribution in [3.05, 3.63) is 64.2 Å². The molecule has 2 aromatic rings. The molecule has 2 N–H and O–H groups in total. The van der Waals surface area contributed by atoms with Crippen molar-refractivity contribution in [3.63, 3.8) is 0 Å². The number of hydrogen-bond donors (Lipinski definition) is 2. The lowest BCUT2D eigenvalue weighted by Gasteiger charge is -2.39. The van der Waals surface area contributed by atoms with Gasteiger partial charge >= 0.3 is 7.12 Å². The van der Waals surface area contributed by atoms with Gasteiger partial charge in [0, 0.05) is 11.1 Å². The Hall–Kier alpha value is -2.64. The van der Waals surface area contributed by atoms with E-state index in [1.165, 1.54) is 5.01 Å². The SMILES string of the molecule is CCC(N(NC(=O)c1ccc2c(c1)B(O)OC2)C(=O)c1cc(C)cc(C)c1)C(C)(C)C. The lowest BCUT2D eigenvalue weighted by Crippen LogP contribution is -2.56. The van der Waals surface area contributed by atoms with E-state index in [2.05, 4.69) is 26.2 Å². The minimum Gasteiger partial charge on any atom is -0.423 e. The third-order valence-electron chi connectivity index (χ3n) is 5.68. The zero-order valence-electron chi connectivity index (χ0n) is 19.2. The molecule has 164 valence electrons. The van der Waals surface area contributed by atoms with Gasteiger partial charge in [0.15, 0.2) is 0 Å². The second-order valence-corrected chi connectivity index (χ2v) is 9.36. The molecule has 2 amide bonds. The van der Waals surface area contributed by atoms with Crippen molar-refractivity contribution in [2.75, 3.05) is 0 Å². The molecule has 0 fully saturated rings. The van der Waals surface area contributed by atoms with E-state index in [0.717, 1.165) is 16.7 Å². The molecule has 1 aliphatic rings. The maximum absolute atomic E-state index is 13.6. The van der Waals surface area contributed by atoms with Crippen LogP contribution in [-0.4, -0.2) is 35.0 Å². The molecule has 1 atom stereocenters. The van der Waals surface area contributed by atoms with Crippen molar-refractivity contribution in [2.24, 2.45) is 5.41 Å². The topological polar surface area (TPSA) is 78.9 Å². The summed E-state index contributed by atoms with van der Waals surface area (Å²) in [6, 6.07) is 10.6. The second-order valence-electron chi connectivity index (χ2n) is 9.36. The molecule has 0 aliphatic carbocycles. The molecule has 0 saturated carbocycles. The predicted molar refractivity (Wildman–Crippen MR) is 122 cm³/mol. The largest absolute Gasteiger partial charge is 0.491 e. The molecular weight excluding hydrogens is 391 g/mol. The van der Waals surface area contributed by atoms with Gasteiger partial charge in [0.2, 0.25) is 0 Å². The quantitative estimate of drug-likeness (QED) is 0.586. The average Bonchev–Trinajstić information content (AvgIpc) is 3.05. The van der Waals surface area contributed by atoms with Crippen molar-refractivity contribution in [1.29, 1.82) is 0 Å². The van der Waals surface area contributed by atoms with E-state index in [-0.39, 0.29) is 17.4 Å². The molecule has 31 heavy (non-hydrogen) atoms. The molecule has 3 rings (SSSR count). The third-order valence-corrected chi connectivity index (χ3v) is 5.68. The molecule has 0 radical (unpaired) electrons. The Labute approximate surface area is 184 Å². The number of carbonyl (C=O) groups excluding carboxylic acids is 2. The van der Waals surface area contributed by atoms with E-state index in [1.807, 2.05) is 39.0 Å². The number of fused-ring (bicyclic) bond motifs is 1. The van der Waals surface area contributed by atoms with E-state index >= 15 is 0 Å². The molecule has 0 spiro atoms. The molecule has 2 aromatic carbocycles. The summed E-state index contributed by atoms with van der Waals surface area (Å²) in [6.07, 6.45) is 0.678. The smallest absolute Gasteiger partial charge is 0.423 e. The van der Waals surface area contributed by atoms with Crippen LogP contribution in [0.2, 0.25) is 0 Å². The molecular formula is C24H31BN2O4. The van der Waals surface area contributed by atoms with Crippen molar-refractivity contribution < 1.29 is 19.3 Å². The summed E-state index contributed by atoms with van der Waals surface area (Å²) < 4.78 is 5.22. The van der Waals surface area contributed by atoms with Crippen LogP contribution in [0.15, 0.2) is 36.4 Å². The number of amides is 2. The van der Waals surface area contributed by atoms with Crippen LogP contribution >= 0.6 is 0 Å². The Morgan fingerprint density at radius 2 is 1.77 bits per heavy atom. The van der Waals surface area contributed by atoms with Gasteiger partial charge in [0.25, 0.3) is 11.8 Å². The van der Waals surface area contributed by atoms with Crippen LogP contribution in [0.5, 0.6) is 0 Å². The fourth-order valence-corrected chi connectivity index (χ4v) is 4.22. The van der Waals surface area contributed by atoms with E-state index < -0.39 is 13.0 Å². The Morgan fingerprint density at radius 1 is 1.13 bits per heavy atom.